The Morgan fingerprint density at radius 2 is 1.59 bits per heavy atom. The summed E-state index contributed by atoms with van der Waals surface area (Å²) in [6.45, 7) is 2.17. The second-order valence-corrected chi connectivity index (χ2v) is 7.09. The normalized spacial score (nSPS) is 19.7. The van der Waals surface area contributed by atoms with Gasteiger partial charge in [0.15, 0.2) is 17.5 Å². The summed E-state index contributed by atoms with van der Waals surface area (Å²) in [4.78, 5) is 0. The average molecular weight is 368 g/mol. The van der Waals surface area contributed by atoms with Gasteiger partial charge in [0, 0.05) is 5.56 Å². The zero-order chi connectivity index (χ0) is 19.2. The van der Waals surface area contributed by atoms with Crippen molar-refractivity contribution in [1.82, 2.24) is 0 Å². The molecule has 2 aromatic carbocycles. The lowest BCUT2D eigenvalue weighted by atomic mass is 9.78. The van der Waals surface area contributed by atoms with Crippen LogP contribution < -0.4 is 0 Å². The molecule has 0 bridgehead atoms. The third-order valence-electron chi connectivity index (χ3n) is 5.28. The van der Waals surface area contributed by atoms with Crippen molar-refractivity contribution in [2.24, 2.45) is 5.92 Å². The van der Waals surface area contributed by atoms with Crippen molar-refractivity contribution >= 4 is 0 Å². The Morgan fingerprint density at radius 3 is 2.19 bits per heavy atom. The lowest BCUT2D eigenvalue weighted by Crippen LogP contribution is -2.11. The van der Waals surface area contributed by atoms with Gasteiger partial charge in [-0.05, 0) is 73.3 Å². The van der Waals surface area contributed by atoms with Gasteiger partial charge in [-0.1, -0.05) is 49.1 Å². The molecule has 2 aromatic rings. The van der Waals surface area contributed by atoms with Crippen molar-refractivity contribution in [3.8, 4) is 11.8 Å². The molecule has 0 radical (unpaired) electrons. The first-order chi connectivity index (χ1) is 13.1. The van der Waals surface area contributed by atoms with E-state index < -0.39 is 17.5 Å². The van der Waals surface area contributed by atoms with Gasteiger partial charge in [0.05, 0.1) is 0 Å². The van der Waals surface area contributed by atoms with Crippen molar-refractivity contribution in [3.05, 3.63) is 82.7 Å². The van der Waals surface area contributed by atoms with Gasteiger partial charge in [0.25, 0.3) is 0 Å². The van der Waals surface area contributed by atoms with Crippen molar-refractivity contribution in [1.29, 1.82) is 0 Å². The van der Waals surface area contributed by atoms with Crippen LogP contribution in [0.4, 0.5) is 13.2 Å². The number of rotatable bonds is 3. The molecule has 0 spiro atoms. The first-order valence-electron chi connectivity index (χ1n) is 9.48. The first kappa shape index (κ1) is 19.3. The highest BCUT2D eigenvalue weighted by Gasteiger charge is 2.20. The summed E-state index contributed by atoms with van der Waals surface area (Å²) in [5.41, 5.74) is 2.93. The smallest absolute Gasteiger partial charge is 0.194 e. The molecule has 0 aromatic heterocycles. The molecule has 3 rings (SSSR count). The highest BCUT2D eigenvalue weighted by Crippen LogP contribution is 2.36. The third kappa shape index (κ3) is 5.04. The molecule has 1 aliphatic carbocycles. The second kappa shape index (κ2) is 8.95. The van der Waals surface area contributed by atoms with Gasteiger partial charge in [0.2, 0.25) is 0 Å². The zero-order valence-electron chi connectivity index (χ0n) is 15.4. The number of allylic oxidation sites excluding steroid dienone is 2. The van der Waals surface area contributed by atoms with E-state index in [1.54, 1.807) is 6.08 Å². The lowest BCUT2D eigenvalue weighted by Gasteiger charge is -2.27. The second-order valence-electron chi connectivity index (χ2n) is 7.09. The van der Waals surface area contributed by atoms with E-state index in [-0.39, 0.29) is 5.56 Å². The fraction of sp³-hybridized carbons (Fsp3) is 0.333. The molecule has 0 unspecified atom stereocenters. The summed E-state index contributed by atoms with van der Waals surface area (Å²) in [5, 5.41) is 0. The van der Waals surface area contributed by atoms with Crippen LogP contribution in [0, 0.1) is 35.2 Å². The van der Waals surface area contributed by atoms with Crippen molar-refractivity contribution in [2.45, 2.75) is 44.9 Å². The Bertz CT molecular complexity index is 838. The van der Waals surface area contributed by atoms with Crippen LogP contribution in [0.1, 0.15) is 55.2 Å². The Balaban J connectivity index is 1.53. The summed E-state index contributed by atoms with van der Waals surface area (Å²) in [5.74, 6) is 2.66. The highest BCUT2D eigenvalue weighted by molar-refractivity contribution is 5.38. The maximum absolute atomic E-state index is 13.2. The Labute approximate surface area is 159 Å². The zero-order valence-corrected chi connectivity index (χ0v) is 15.4. The summed E-state index contributed by atoms with van der Waals surface area (Å²) >= 11 is 0. The first-order valence-corrected chi connectivity index (χ1v) is 9.48. The summed E-state index contributed by atoms with van der Waals surface area (Å²) in [6.07, 6.45) is 9.40. The van der Waals surface area contributed by atoms with Crippen LogP contribution in [0.25, 0.3) is 0 Å². The molecule has 1 saturated carbocycles. The van der Waals surface area contributed by atoms with Gasteiger partial charge in [-0.25, -0.2) is 13.2 Å². The molecule has 0 saturated heterocycles. The van der Waals surface area contributed by atoms with E-state index in [9.17, 15) is 13.2 Å². The SMILES string of the molecule is CCc1ccc(C2CCC(C=CC#Cc3cc(F)c(F)c(F)c3)CC2)cc1. The quantitative estimate of drug-likeness (QED) is 0.426. The maximum Gasteiger partial charge on any atom is 0.194 e. The lowest BCUT2D eigenvalue weighted by molar-refractivity contribution is 0.376. The molecule has 0 aliphatic heterocycles. The van der Waals surface area contributed by atoms with Crippen LogP contribution in [0.5, 0.6) is 0 Å². The molecule has 0 amide bonds. The van der Waals surface area contributed by atoms with Crippen LogP contribution >= 0.6 is 0 Å². The van der Waals surface area contributed by atoms with E-state index >= 15 is 0 Å². The predicted molar refractivity (Wildman–Crippen MR) is 103 cm³/mol. The Kier molecular flexibility index (Phi) is 6.40. The molecule has 27 heavy (non-hydrogen) atoms. The minimum atomic E-state index is -1.46. The van der Waals surface area contributed by atoms with E-state index in [1.165, 1.54) is 11.1 Å². The largest absolute Gasteiger partial charge is 0.204 e. The predicted octanol–water partition coefficient (Wildman–Crippen LogP) is 6.55. The highest BCUT2D eigenvalue weighted by atomic mass is 19.2. The number of benzene rings is 2. The summed E-state index contributed by atoms with van der Waals surface area (Å²) in [7, 11) is 0. The van der Waals surface area contributed by atoms with Crippen LogP contribution in [-0.2, 0) is 6.42 Å². The van der Waals surface area contributed by atoms with Crippen molar-refractivity contribution in [2.75, 3.05) is 0 Å². The average Bonchev–Trinajstić information content (AvgIpc) is 2.70. The van der Waals surface area contributed by atoms with Crippen molar-refractivity contribution < 1.29 is 13.2 Å². The van der Waals surface area contributed by atoms with Crippen molar-refractivity contribution in [3.63, 3.8) is 0 Å². The minimum Gasteiger partial charge on any atom is -0.204 e. The molecular formula is C24H23F3. The molecule has 3 heteroatoms. The van der Waals surface area contributed by atoms with Gasteiger partial charge in [-0.2, -0.15) is 0 Å². The summed E-state index contributed by atoms with van der Waals surface area (Å²) in [6, 6.07) is 10.8. The van der Waals surface area contributed by atoms with Crippen LogP contribution in [0.15, 0.2) is 48.6 Å². The number of hydrogen-bond donors (Lipinski definition) is 0. The molecule has 0 heterocycles. The van der Waals surface area contributed by atoms with Crippen LogP contribution in [-0.4, -0.2) is 0 Å². The van der Waals surface area contributed by atoms with E-state index in [2.05, 4.69) is 49.1 Å². The van der Waals surface area contributed by atoms with Gasteiger partial charge in [0.1, 0.15) is 0 Å². The molecule has 1 fully saturated rings. The van der Waals surface area contributed by atoms with E-state index in [0.717, 1.165) is 44.2 Å². The number of hydrogen-bond acceptors (Lipinski definition) is 0. The minimum absolute atomic E-state index is 0.135. The number of halogens is 3. The maximum atomic E-state index is 13.2. The fourth-order valence-corrected chi connectivity index (χ4v) is 3.61. The van der Waals surface area contributed by atoms with E-state index in [4.69, 9.17) is 0 Å². The molecular weight excluding hydrogens is 345 g/mol. The fourth-order valence-electron chi connectivity index (χ4n) is 3.61. The monoisotopic (exact) mass is 368 g/mol. The topological polar surface area (TPSA) is 0 Å². The van der Waals surface area contributed by atoms with Gasteiger partial charge < -0.3 is 0 Å². The Hall–Kier alpha value is -2.47. The van der Waals surface area contributed by atoms with E-state index in [1.807, 2.05) is 0 Å². The summed E-state index contributed by atoms with van der Waals surface area (Å²) < 4.78 is 39.2. The van der Waals surface area contributed by atoms with Gasteiger partial charge in [-0.15, -0.1) is 0 Å². The molecule has 0 N–H and O–H groups in total. The molecule has 1 aliphatic rings. The van der Waals surface area contributed by atoms with Gasteiger partial charge >= 0.3 is 0 Å². The molecule has 0 atom stereocenters. The standard InChI is InChI=1S/C24H23F3/c1-2-17-7-11-20(12-8-17)21-13-9-18(10-14-21)5-3-4-6-19-15-22(25)24(27)23(26)16-19/h3,5,7-8,11-12,15-16,18,21H,2,9-10,13-14H2,1H3. The Morgan fingerprint density at radius 1 is 0.963 bits per heavy atom. The van der Waals surface area contributed by atoms with E-state index in [0.29, 0.717) is 11.8 Å². The van der Waals surface area contributed by atoms with Gasteiger partial charge in [-0.3, -0.25) is 0 Å². The van der Waals surface area contributed by atoms with Crippen LogP contribution in [0.2, 0.25) is 0 Å². The molecule has 140 valence electrons. The number of aryl methyl sites for hydroxylation is 1. The van der Waals surface area contributed by atoms with Crippen LogP contribution in [0.3, 0.4) is 0 Å². The third-order valence-corrected chi connectivity index (χ3v) is 5.28. The molecule has 0 nitrogen and oxygen atoms in total.